The molecule has 1 aliphatic rings. The number of rotatable bonds is 16. The van der Waals surface area contributed by atoms with Crippen LogP contribution in [0.2, 0.25) is 0 Å². The van der Waals surface area contributed by atoms with Crippen LogP contribution in [-0.2, 0) is 28.7 Å². The van der Waals surface area contributed by atoms with Gasteiger partial charge in [0.1, 0.15) is 0 Å². The van der Waals surface area contributed by atoms with E-state index < -0.39 is 0 Å². The lowest BCUT2D eigenvalue weighted by atomic mass is 10.1. The van der Waals surface area contributed by atoms with Crippen molar-refractivity contribution in [2.24, 2.45) is 5.92 Å². The Morgan fingerprint density at radius 3 is 2.28 bits per heavy atom. The number of unbranched alkanes of at least 4 members (excludes halogenated alkanes) is 2. The molecule has 0 bridgehead atoms. The molecule has 166 valence electrons. The zero-order chi connectivity index (χ0) is 21.5. The van der Waals surface area contributed by atoms with Crippen molar-refractivity contribution in [2.45, 2.75) is 52.4 Å². The first-order valence-corrected chi connectivity index (χ1v) is 10.5. The number of nitrogens with one attached hydrogen (secondary N) is 2. The van der Waals surface area contributed by atoms with Crippen molar-refractivity contribution in [3.63, 3.8) is 0 Å². The summed E-state index contributed by atoms with van der Waals surface area (Å²) >= 11 is 0. The van der Waals surface area contributed by atoms with Crippen LogP contribution in [0, 0.1) is 5.92 Å². The van der Waals surface area contributed by atoms with E-state index >= 15 is 0 Å². The minimum absolute atomic E-state index is 0.00322. The number of carbonyl (C=O) groups excluding carboxylic acids is 4. The van der Waals surface area contributed by atoms with E-state index in [0.29, 0.717) is 45.9 Å². The van der Waals surface area contributed by atoms with Gasteiger partial charge < -0.3 is 20.1 Å². The van der Waals surface area contributed by atoms with Gasteiger partial charge >= 0.3 is 0 Å². The maximum Gasteiger partial charge on any atom is 0.232 e. The average Bonchev–Trinajstić information content (AvgIpc) is 2.93. The van der Waals surface area contributed by atoms with Crippen molar-refractivity contribution in [2.75, 3.05) is 46.1 Å². The Labute approximate surface area is 172 Å². The van der Waals surface area contributed by atoms with Gasteiger partial charge in [-0.2, -0.15) is 0 Å². The Morgan fingerprint density at radius 2 is 1.62 bits per heavy atom. The number of imide groups is 1. The van der Waals surface area contributed by atoms with Crippen LogP contribution in [0.4, 0.5) is 0 Å². The number of ether oxygens (including phenoxy) is 2. The highest BCUT2D eigenvalue weighted by atomic mass is 16.5. The molecule has 1 heterocycles. The van der Waals surface area contributed by atoms with E-state index in [0.717, 1.165) is 24.2 Å². The fourth-order valence-electron chi connectivity index (χ4n) is 2.83. The molecule has 9 nitrogen and oxygen atoms in total. The summed E-state index contributed by atoms with van der Waals surface area (Å²) in [6.07, 6.45) is 3.90. The van der Waals surface area contributed by atoms with Crippen molar-refractivity contribution < 1.29 is 28.7 Å². The van der Waals surface area contributed by atoms with Gasteiger partial charge in [-0.25, -0.2) is 0 Å². The van der Waals surface area contributed by atoms with Crippen LogP contribution >= 0.6 is 0 Å². The summed E-state index contributed by atoms with van der Waals surface area (Å²) in [5.74, 6) is -0.944. The fourth-order valence-corrected chi connectivity index (χ4v) is 2.83. The lowest BCUT2D eigenvalue weighted by Crippen LogP contribution is -2.35. The highest BCUT2D eigenvalue weighted by molar-refractivity contribution is 6.03. The Morgan fingerprint density at radius 1 is 0.966 bits per heavy atom. The number of likely N-dealkylation sites (tertiary alicyclic amines) is 1. The molecule has 1 rings (SSSR count). The van der Waals surface area contributed by atoms with Crippen LogP contribution in [0.3, 0.4) is 0 Å². The molecule has 9 heteroatoms. The summed E-state index contributed by atoms with van der Waals surface area (Å²) in [4.78, 5) is 47.9. The fraction of sp³-hybridized carbons (Fsp3) is 0.800. The third-order valence-corrected chi connectivity index (χ3v) is 4.55. The average molecular weight is 414 g/mol. The highest BCUT2D eigenvalue weighted by Gasteiger charge is 2.35. The predicted octanol–water partition coefficient (Wildman–Crippen LogP) is 0.617. The first kappa shape index (κ1) is 25.0. The van der Waals surface area contributed by atoms with Crippen LogP contribution in [0.25, 0.3) is 0 Å². The van der Waals surface area contributed by atoms with Crippen LogP contribution < -0.4 is 10.6 Å². The van der Waals surface area contributed by atoms with E-state index in [1.54, 1.807) is 6.92 Å². The number of hydrogen-bond donors (Lipinski definition) is 2. The van der Waals surface area contributed by atoms with Gasteiger partial charge in [0.25, 0.3) is 0 Å². The molecule has 2 N–H and O–H groups in total. The van der Waals surface area contributed by atoms with Gasteiger partial charge in [-0.3, -0.25) is 24.1 Å². The van der Waals surface area contributed by atoms with Gasteiger partial charge in [0.05, 0.1) is 26.4 Å². The molecule has 29 heavy (non-hydrogen) atoms. The number of carbonyl (C=O) groups is 4. The quantitative estimate of drug-likeness (QED) is 0.283. The first-order valence-electron chi connectivity index (χ1n) is 10.5. The van der Waals surface area contributed by atoms with Crippen molar-refractivity contribution >= 4 is 23.6 Å². The zero-order valence-electron chi connectivity index (χ0n) is 17.7. The van der Waals surface area contributed by atoms with Crippen molar-refractivity contribution in [1.82, 2.24) is 15.5 Å². The van der Waals surface area contributed by atoms with Gasteiger partial charge in [-0.05, 0) is 6.42 Å². The van der Waals surface area contributed by atoms with Gasteiger partial charge in [-0.1, -0.05) is 26.7 Å². The zero-order valence-corrected chi connectivity index (χ0v) is 17.7. The number of hydrogen-bond acceptors (Lipinski definition) is 6. The summed E-state index contributed by atoms with van der Waals surface area (Å²) in [7, 11) is 0. The maximum atomic E-state index is 11.8. The molecule has 1 unspecified atom stereocenters. The molecular formula is C20H35N3O6. The third kappa shape index (κ3) is 10.9. The molecule has 0 aromatic carbocycles. The van der Waals surface area contributed by atoms with Gasteiger partial charge in [0.2, 0.25) is 23.6 Å². The normalized spacial score (nSPS) is 16.3. The summed E-state index contributed by atoms with van der Waals surface area (Å²) in [6.45, 7) is 6.46. The lowest BCUT2D eigenvalue weighted by molar-refractivity contribution is -0.139. The van der Waals surface area contributed by atoms with Crippen molar-refractivity contribution in [3.8, 4) is 0 Å². The Kier molecular flexibility index (Phi) is 12.9. The summed E-state index contributed by atoms with van der Waals surface area (Å²) in [6, 6.07) is 0. The molecule has 0 aromatic rings. The maximum absolute atomic E-state index is 11.8. The minimum atomic E-state index is -0.290. The molecule has 1 saturated heterocycles. The minimum Gasteiger partial charge on any atom is -0.379 e. The number of nitrogens with zero attached hydrogens (tertiary/aromatic N) is 1. The molecule has 4 amide bonds. The standard InChI is InChI=1S/C20H35N3O6/c1-3-4-5-8-21-18(25)7-11-28-13-14-29-12-9-22-17(24)6-10-23-19(26)15-16(2)20(23)27/h16H,3-15H2,1-2H3,(H,21,25)(H,22,24). The molecule has 1 aliphatic heterocycles. The number of amides is 4. The van der Waals surface area contributed by atoms with E-state index in [1.807, 2.05) is 0 Å². The second-order valence-electron chi connectivity index (χ2n) is 7.12. The van der Waals surface area contributed by atoms with E-state index in [1.165, 1.54) is 0 Å². The first-order chi connectivity index (χ1) is 14.0. The van der Waals surface area contributed by atoms with E-state index in [4.69, 9.17) is 9.47 Å². The molecule has 0 radical (unpaired) electrons. The summed E-state index contributed by atoms with van der Waals surface area (Å²) < 4.78 is 10.7. The molecule has 0 saturated carbocycles. The molecule has 0 aromatic heterocycles. The van der Waals surface area contributed by atoms with Gasteiger partial charge in [0.15, 0.2) is 0 Å². The van der Waals surface area contributed by atoms with Crippen molar-refractivity contribution in [3.05, 3.63) is 0 Å². The monoisotopic (exact) mass is 413 g/mol. The SMILES string of the molecule is CCCCCNC(=O)CCOCCOCCNC(=O)CCN1C(=O)CC(C)C1=O. The smallest absolute Gasteiger partial charge is 0.232 e. The van der Waals surface area contributed by atoms with Crippen LogP contribution in [-0.4, -0.2) is 74.6 Å². The summed E-state index contributed by atoms with van der Waals surface area (Å²) in [5.41, 5.74) is 0. The molecule has 1 atom stereocenters. The lowest BCUT2D eigenvalue weighted by Gasteiger charge is -2.14. The van der Waals surface area contributed by atoms with Crippen molar-refractivity contribution in [1.29, 1.82) is 0 Å². The Bertz CT molecular complexity index is 540. The largest absolute Gasteiger partial charge is 0.379 e. The van der Waals surface area contributed by atoms with Gasteiger partial charge in [-0.15, -0.1) is 0 Å². The summed E-state index contributed by atoms with van der Waals surface area (Å²) in [5, 5.41) is 5.54. The van der Waals surface area contributed by atoms with E-state index in [-0.39, 0.29) is 48.9 Å². The van der Waals surface area contributed by atoms with Gasteiger partial charge in [0, 0.05) is 44.8 Å². The molecule has 0 spiro atoms. The molecule has 0 aliphatic carbocycles. The molecule has 1 fully saturated rings. The Balaban J connectivity index is 1.90. The second kappa shape index (κ2) is 14.9. The second-order valence-corrected chi connectivity index (χ2v) is 7.12. The predicted molar refractivity (Wildman–Crippen MR) is 107 cm³/mol. The molecular weight excluding hydrogens is 378 g/mol. The topological polar surface area (TPSA) is 114 Å². The van der Waals surface area contributed by atoms with E-state index in [9.17, 15) is 19.2 Å². The van der Waals surface area contributed by atoms with Crippen LogP contribution in [0.1, 0.15) is 52.4 Å². The Hall–Kier alpha value is -2.00. The third-order valence-electron chi connectivity index (χ3n) is 4.55. The van der Waals surface area contributed by atoms with Crippen LogP contribution in [0.5, 0.6) is 0 Å². The highest BCUT2D eigenvalue weighted by Crippen LogP contribution is 2.18. The van der Waals surface area contributed by atoms with E-state index in [2.05, 4.69) is 17.6 Å². The van der Waals surface area contributed by atoms with Crippen LogP contribution in [0.15, 0.2) is 0 Å².